The summed E-state index contributed by atoms with van der Waals surface area (Å²) in [4.78, 5) is 11.6. The van der Waals surface area contributed by atoms with E-state index in [9.17, 15) is 13.6 Å². The Hall–Kier alpha value is -1.51. The van der Waals surface area contributed by atoms with Crippen LogP contribution in [-0.4, -0.2) is 5.78 Å². The zero-order valence-electron chi connectivity index (χ0n) is 10.1. The van der Waals surface area contributed by atoms with Gasteiger partial charge >= 0.3 is 0 Å². The van der Waals surface area contributed by atoms with E-state index >= 15 is 0 Å². The van der Waals surface area contributed by atoms with Gasteiger partial charge in [0.15, 0.2) is 17.4 Å². The van der Waals surface area contributed by atoms with E-state index in [1.807, 2.05) is 13.8 Å². The van der Waals surface area contributed by atoms with Crippen molar-refractivity contribution in [2.75, 3.05) is 0 Å². The Balaban J connectivity index is 2.82. The molecule has 1 rings (SSSR count). The Bertz CT molecular complexity index is 430. The summed E-state index contributed by atoms with van der Waals surface area (Å²) in [6, 6.07) is 3.88. The van der Waals surface area contributed by atoms with Crippen molar-refractivity contribution in [2.24, 2.45) is 0 Å². The highest BCUT2D eigenvalue weighted by atomic mass is 19.2. The largest absolute Gasteiger partial charge is 0.294 e. The van der Waals surface area contributed by atoms with Crippen LogP contribution in [0.2, 0.25) is 0 Å². The van der Waals surface area contributed by atoms with Crippen LogP contribution in [0.5, 0.6) is 0 Å². The van der Waals surface area contributed by atoms with E-state index in [4.69, 9.17) is 0 Å². The molecule has 0 saturated heterocycles. The molecule has 0 bridgehead atoms. The van der Waals surface area contributed by atoms with Crippen LogP contribution in [0.1, 0.15) is 32.3 Å². The molecule has 0 aromatic heterocycles. The molecule has 3 heteroatoms. The second kappa shape index (κ2) is 6.28. The molecule has 0 saturated carbocycles. The molecule has 92 valence electrons. The molecule has 0 aliphatic carbocycles. The minimum Gasteiger partial charge on any atom is -0.294 e. The highest BCUT2D eigenvalue weighted by Crippen LogP contribution is 2.13. The number of carbonyl (C=O) groups is 1. The van der Waals surface area contributed by atoms with Crippen molar-refractivity contribution in [3.05, 3.63) is 47.0 Å². The number of hydrogen-bond acceptors (Lipinski definition) is 1. The minimum absolute atomic E-state index is 0.0902. The predicted octanol–water partition coefficient (Wildman–Crippen LogP) is 3.82. The summed E-state index contributed by atoms with van der Waals surface area (Å²) in [6.07, 6.45) is 3.04. The molecular weight excluding hydrogens is 222 g/mol. The lowest BCUT2D eigenvalue weighted by Crippen LogP contribution is -2.03. The van der Waals surface area contributed by atoms with Crippen LogP contribution in [0, 0.1) is 11.6 Å². The molecule has 0 fully saturated rings. The van der Waals surface area contributed by atoms with Gasteiger partial charge in [0.1, 0.15) is 0 Å². The fourth-order valence-electron chi connectivity index (χ4n) is 1.61. The molecule has 0 aliphatic heterocycles. The SMILES string of the molecule is CCC(=CC(=O)Cc1cccc(F)c1F)CC. The van der Waals surface area contributed by atoms with Gasteiger partial charge in [0.2, 0.25) is 0 Å². The van der Waals surface area contributed by atoms with Crippen molar-refractivity contribution in [3.8, 4) is 0 Å². The third-order valence-electron chi connectivity index (χ3n) is 2.67. The van der Waals surface area contributed by atoms with Crippen LogP contribution in [0.3, 0.4) is 0 Å². The van der Waals surface area contributed by atoms with Crippen molar-refractivity contribution < 1.29 is 13.6 Å². The van der Waals surface area contributed by atoms with E-state index in [1.165, 1.54) is 18.2 Å². The number of halogens is 2. The van der Waals surface area contributed by atoms with Crippen LogP contribution >= 0.6 is 0 Å². The molecule has 0 radical (unpaired) electrons. The van der Waals surface area contributed by atoms with Gasteiger partial charge in [0.05, 0.1) is 0 Å². The maximum atomic E-state index is 13.3. The van der Waals surface area contributed by atoms with Crippen molar-refractivity contribution in [1.82, 2.24) is 0 Å². The number of rotatable bonds is 5. The van der Waals surface area contributed by atoms with Crippen molar-refractivity contribution >= 4 is 5.78 Å². The second-order valence-electron chi connectivity index (χ2n) is 3.87. The number of allylic oxidation sites excluding steroid dienone is 2. The first-order chi connectivity index (χ1) is 8.08. The van der Waals surface area contributed by atoms with Crippen LogP contribution in [0.15, 0.2) is 29.8 Å². The Kier molecular flexibility index (Phi) is 5.01. The molecule has 17 heavy (non-hydrogen) atoms. The van der Waals surface area contributed by atoms with Gasteiger partial charge in [0.25, 0.3) is 0 Å². The normalized spacial score (nSPS) is 10.1. The molecule has 0 unspecified atom stereocenters. The highest BCUT2D eigenvalue weighted by Gasteiger charge is 2.10. The van der Waals surface area contributed by atoms with Gasteiger partial charge in [0, 0.05) is 6.42 Å². The maximum absolute atomic E-state index is 13.3. The van der Waals surface area contributed by atoms with Gasteiger partial charge < -0.3 is 0 Å². The van der Waals surface area contributed by atoms with Crippen molar-refractivity contribution in [1.29, 1.82) is 0 Å². The molecule has 0 amide bonds. The van der Waals surface area contributed by atoms with Crippen LogP contribution < -0.4 is 0 Å². The van der Waals surface area contributed by atoms with E-state index in [2.05, 4.69) is 0 Å². The van der Waals surface area contributed by atoms with Gasteiger partial charge in [-0.15, -0.1) is 0 Å². The average molecular weight is 238 g/mol. The van der Waals surface area contributed by atoms with Gasteiger partial charge in [-0.3, -0.25) is 4.79 Å². The fraction of sp³-hybridized carbons (Fsp3) is 0.357. The quantitative estimate of drug-likeness (QED) is 0.713. The lowest BCUT2D eigenvalue weighted by molar-refractivity contribution is -0.114. The van der Waals surface area contributed by atoms with Gasteiger partial charge in [-0.2, -0.15) is 0 Å². The summed E-state index contributed by atoms with van der Waals surface area (Å²) < 4.78 is 26.2. The first-order valence-electron chi connectivity index (χ1n) is 5.73. The molecule has 0 spiro atoms. The van der Waals surface area contributed by atoms with E-state index in [1.54, 1.807) is 0 Å². The second-order valence-corrected chi connectivity index (χ2v) is 3.87. The molecule has 1 aromatic rings. The Morgan fingerprint density at radius 2 is 1.88 bits per heavy atom. The monoisotopic (exact) mass is 238 g/mol. The van der Waals surface area contributed by atoms with Crippen LogP contribution in [0.4, 0.5) is 8.78 Å². The zero-order chi connectivity index (χ0) is 12.8. The molecule has 1 aromatic carbocycles. The number of ketones is 1. The summed E-state index contributed by atoms with van der Waals surface area (Å²) >= 11 is 0. The van der Waals surface area contributed by atoms with Crippen LogP contribution in [-0.2, 0) is 11.2 Å². The minimum atomic E-state index is -0.927. The van der Waals surface area contributed by atoms with Crippen molar-refractivity contribution in [2.45, 2.75) is 33.1 Å². The molecule has 1 nitrogen and oxygen atoms in total. The predicted molar refractivity (Wildman–Crippen MR) is 63.7 cm³/mol. The van der Waals surface area contributed by atoms with E-state index in [-0.39, 0.29) is 17.8 Å². The third kappa shape index (κ3) is 3.77. The molecular formula is C14H16F2O. The summed E-state index contributed by atoms with van der Waals surface area (Å²) in [5.74, 6) is -2.03. The Morgan fingerprint density at radius 1 is 1.24 bits per heavy atom. The topological polar surface area (TPSA) is 17.1 Å². The molecule has 0 atom stereocenters. The zero-order valence-corrected chi connectivity index (χ0v) is 10.1. The maximum Gasteiger partial charge on any atom is 0.162 e. The molecule has 0 heterocycles. The third-order valence-corrected chi connectivity index (χ3v) is 2.67. The summed E-state index contributed by atoms with van der Waals surface area (Å²) in [7, 11) is 0. The van der Waals surface area contributed by atoms with Crippen LogP contribution in [0.25, 0.3) is 0 Å². The van der Waals surface area contributed by atoms with Crippen molar-refractivity contribution in [3.63, 3.8) is 0 Å². The molecule has 0 aliphatic rings. The first-order valence-corrected chi connectivity index (χ1v) is 5.73. The van der Waals surface area contributed by atoms with Gasteiger partial charge in [-0.1, -0.05) is 31.6 Å². The summed E-state index contributed by atoms with van der Waals surface area (Å²) in [6.45, 7) is 3.93. The Labute approximate surface area is 100 Å². The fourth-order valence-corrected chi connectivity index (χ4v) is 1.61. The summed E-state index contributed by atoms with van der Waals surface area (Å²) in [5, 5.41) is 0. The summed E-state index contributed by atoms with van der Waals surface area (Å²) in [5.41, 5.74) is 1.13. The first kappa shape index (κ1) is 13.6. The molecule has 0 N–H and O–H groups in total. The lowest BCUT2D eigenvalue weighted by Gasteiger charge is -2.03. The smallest absolute Gasteiger partial charge is 0.162 e. The lowest BCUT2D eigenvalue weighted by atomic mass is 10.0. The van der Waals surface area contributed by atoms with E-state index in [0.29, 0.717) is 0 Å². The standard InChI is InChI=1S/C14H16F2O/c1-3-10(4-2)8-12(17)9-11-6-5-7-13(15)14(11)16/h5-8H,3-4,9H2,1-2H3. The van der Waals surface area contributed by atoms with Gasteiger partial charge in [-0.05, 0) is 30.5 Å². The number of carbonyl (C=O) groups excluding carboxylic acids is 1. The average Bonchev–Trinajstić information content (AvgIpc) is 2.32. The van der Waals surface area contributed by atoms with E-state index in [0.717, 1.165) is 24.5 Å². The highest BCUT2D eigenvalue weighted by molar-refractivity contribution is 5.92. The van der Waals surface area contributed by atoms with E-state index < -0.39 is 11.6 Å². The van der Waals surface area contributed by atoms with Gasteiger partial charge in [-0.25, -0.2) is 8.78 Å². The number of hydrogen-bond donors (Lipinski definition) is 0. The number of benzene rings is 1. The Morgan fingerprint density at radius 3 is 2.47 bits per heavy atom.